The first kappa shape index (κ1) is 15.5. The molecule has 22 heavy (non-hydrogen) atoms. The molecule has 2 aromatic rings. The smallest absolute Gasteiger partial charge is 0.317 e. The zero-order valence-electron chi connectivity index (χ0n) is 13.0. The van der Waals surface area contributed by atoms with Gasteiger partial charge in [0.1, 0.15) is 0 Å². The monoisotopic (exact) mass is 335 g/mol. The van der Waals surface area contributed by atoms with Crippen LogP contribution >= 0.6 is 22.7 Å². The summed E-state index contributed by atoms with van der Waals surface area (Å²) in [4.78, 5) is 21.4. The van der Waals surface area contributed by atoms with E-state index in [0.717, 1.165) is 36.5 Å². The molecule has 1 saturated heterocycles. The van der Waals surface area contributed by atoms with Gasteiger partial charge in [-0.15, -0.1) is 22.7 Å². The molecule has 1 fully saturated rings. The number of aromatic nitrogens is 1. The topological polar surface area (TPSA) is 45.2 Å². The van der Waals surface area contributed by atoms with Gasteiger partial charge in [0, 0.05) is 29.3 Å². The van der Waals surface area contributed by atoms with Crippen molar-refractivity contribution in [3.05, 3.63) is 38.0 Å². The third-order valence-electron chi connectivity index (χ3n) is 4.01. The second-order valence-electron chi connectivity index (χ2n) is 5.59. The third-order valence-corrected chi connectivity index (χ3v) is 6.12. The summed E-state index contributed by atoms with van der Waals surface area (Å²) in [6.45, 7) is 5.59. The number of thiazole rings is 1. The van der Waals surface area contributed by atoms with E-state index >= 15 is 0 Å². The van der Waals surface area contributed by atoms with Gasteiger partial charge in [0.15, 0.2) is 0 Å². The van der Waals surface area contributed by atoms with E-state index in [-0.39, 0.29) is 12.1 Å². The van der Waals surface area contributed by atoms with Crippen LogP contribution in [0.25, 0.3) is 0 Å². The summed E-state index contributed by atoms with van der Waals surface area (Å²) >= 11 is 3.46. The molecule has 0 unspecified atom stereocenters. The summed E-state index contributed by atoms with van der Waals surface area (Å²) in [7, 11) is 0. The summed E-state index contributed by atoms with van der Waals surface area (Å²) in [5, 5.41) is 6.25. The first-order valence-electron chi connectivity index (χ1n) is 7.66. The summed E-state index contributed by atoms with van der Waals surface area (Å²) < 4.78 is 0. The Kier molecular flexibility index (Phi) is 4.78. The Hall–Kier alpha value is -1.40. The Morgan fingerprint density at radius 3 is 3.05 bits per heavy atom. The minimum absolute atomic E-state index is 0.0646. The summed E-state index contributed by atoms with van der Waals surface area (Å²) in [6.07, 6.45) is 3.02. The standard InChI is InChI=1S/C16H21N3OS2/c1-11-14(22-12(2)18-11)7-8-17-16(20)19-9-3-5-13(19)15-6-4-10-21-15/h4,6,10,13H,3,5,7-9H2,1-2H3,(H,17,20)/t13-/m1/s1. The van der Waals surface area contributed by atoms with E-state index in [1.807, 2.05) is 18.7 Å². The Balaban J connectivity index is 1.54. The molecule has 0 aliphatic carbocycles. The zero-order valence-corrected chi connectivity index (χ0v) is 14.6. The Morgan fingerprint density at radius 2 is 2.36 bits per heavy atom. The van der Waals surface area contributed by atoms with Crippen molar-refractivity contribution >= 4 is 28.7 Å². The molecular formula is C16H21N3OS2. The van der Waals surface area contributed by atoms with Gasteiger partial charge in [0.05, 0.1) is 16.7 Å². The van der Waals surface area contributed by atoms with Crippen molar-refractivity contribution in [1.82, 2.24) is 15.2 Å². The van der Waals surface area contributed by atoms with Crippen LogP contribution in [-0.4, -0.2) is 29.0 Å². The van der Waals surface area contributed by atoms with Gasteiger partial charge in [-0.05, 0) is 38.1 Å². The minimum atomic E-state index is 0.0646. The molecule has 0 radical (unpaired) electrons. The van der Waals surface area contributed by atoms with E-state index in [0.29, 0.717) is 6.54 Å². The van der Waals surface area contributed by atoms with Crippen LogP contribution in [0.4, 0.5) is 4.79 Å². The van der Waals surface area contributed by atoms with E-state index in [1.54, 1.807) is 22.7 Å². The van der Waals surface area contributed by atoms with Crippen LogP contribution in [0.1, 0.15) is 39.3 Å². The third kappa shape index (κ3) is 3.33. The number of thiophene rings is 1. The lowest BCUT2D eigenvalue weighted by molar-refractivity contribution is 0.194. The molecule has 1 atom stereocenters. The maximum atomic E-state index is 12.4. The molecule has 0 bridgehead atoms. The van der Waals surface area contributed by atoms with Crippen molar-refractivity contribution < 1.29 is 4.79 Å². The molecule has 1 aliphatic heterocycles. The Bertz CT molecular complexity index is 636. The summed E-state index contributed by atoms with van der Waals surface area (Å²) in [5.41, 5.74) is 1.09. The Morgan fingerprint density at radius 1 is 1.50 bits per heavy atom. The van der Waals surface area contributed by atoms with Gasteiger partial charge < -0.3 is 10.2 Å². The van der Waals surface area contributed by atoms with E-state index in [2.05, 4.69) is 27.8 Å². The van der Waals surface area contributed by atoms with E-state index in [4.69, 9.17) is 0 Å². The number of likely N-dealkylation sites (tertiary alicyclic amines) is 1. The van der Waals surface area contributed by atoms with Gasteiger partial charge >= 0.3 is 6.03 Å². The van der Waals surface area contributed by atoms with Gasteiger partial charge in [0.25, 0.3) is 0 Å². The first-order valence-corrected chi connectivity index (χ1v) is 9.35. The van der Waals surface area contributed by atoms with Gasteiger partial charge in [-0.1, -0.05) is 6.07 Å². The van der Waals surface area contributed by atoms with E-state index < -0.39 is 0 Å². The molecule has 6 heteroatoms. The van der Waals surface area contributed by atoms with Gasteiger partial charge in [-0.2, -0.15) is 0 Å². The van der Waals surface area contributed by atoms with Crippen LogP contribution in [0.5, 0.6) is 0 Å². The normalized spacial score (nSPS) is 17.9. The predicted octanol–water partition coefficient (Wildman–Crippen LogP) is 3.91. The van der Waals surface area contributed by atoms with Crippen LogP contribution in [0.15, 0.2) is 17.5 Å². The van der Waals surface area contributed by atoms with Crippen LogP contribution < -0.4 is 5.32 Å². The van der Waals surface area contributed by atoms with Crippen molar-refractivity contribution in [3.63, 3.8) is 0 Å². The first-order chi connectivity index (χ1) is 10.6. The summed E-state index contributed by atoms with van der Waals surface area (Å²) in [5.74, 6) is 0. The van der Waals surface area contributed by atoms with Crippen LogP contribution in [-0.2, 0) is 6.42 Å². The number of nitrogens with zero attached hydrogens (tertiary/aromatic N) is 2. The predicted molar refractivity (Wildman–Crippen MR) is 91.7 cm³/mol. The molecule has 0 aromatic carbocycles. The lowest BCUT2D eigenvalue weighted by Crippen LogP contribution is -2.40. The van der Waals surface area contributed by atoms with Crippen molar-refractivity contribution in [2.75, 3.05) is 13.1 Å². The van der Waals surface area contributed by atoms with Crippen LogP contribution in [0.2, 0.25) is 0 Å². The lowest BCUT2D eigenvalue weighted by atomic mass is 10.2. The van der Waals surface area contributed by atoms with Gasteiger partial charge in [0.2, 0.25) is 0 Å². The fourth-order valence-electron chi connectivity index (χ4n) is 2.98. The molecule has 3 heterocycles. The minimum Gasteiger partial charge on any atom is -0.338 e. The maximum absolute atomic E-state index is 12.4. The zero-order chi connectivity index (χ0) is 15.5. The maximum Gasteiger partial charge on any atom is 0.317 e. The van der Waals surface area contributed by atoms with Gasteiger partial charge in [-0.3, -0.25) is 0 Å². The second kappa shape index (κ2) is 6.79. The number of aryl methyl sites for hydroxylation is 2. The number of carbonyl (C=O) groups excluding carboxylic acids is 1. The van der Waals surface area contributed by atoms with Crippen molar-refractivity contribution in [3.8, 4) is 0 Å². The number of hydrogen-bond donors (Lipinski definition) is 1. The number of nitrogens with one attached hydrogen (secondary N) is 1. The van der Waals surface area contributed by atoms with Crippen molar-refractivity contribution in [2.45, 2.75) is 39.2 Å². The Labute approximate surface area is 139 Å². The fraction of sp³-hybridized carbons (Fsp3) is 0.500. The quantitative estimate of drug-likeness (QED) is 0.921. The van der Waals surface area contributed by atoms with Crippen LogP contribution in [0, 0.1) is 13.8 Å². The highest BCUT2D eigenvalue weighted by Crippen LogP contribution is 2.34. The van der Waals surface area contributed by atoms with Crippen molar-refractivity contribution in [1.29, 1.82) is 0 Å². The number of hydrogen-bond acceptors (Lipinski definition) is 4. The largest absolute Gasteiger partial charge is 0.338 e. The molecule has 0 spiro atoms. The molecule has 2 aromatic heterocycles. The molecular weight excluding hydrogens is 314 g/mol. The fourth-order valence-corrected chi connectivity index (χ4v) is 4.79. The average Bonchev–Trinajstić information content (AvgIpc) is 3.19. The van der Waals surface area contributed by atoms with E-state index in [1.165, 1.54) is 9.75 Å². The number of urea groups is 1. The molecule has 118 valence electrons. The molecule has 1 aliphatic rings. The number of rotatable bonds is 4. The van der Waals surface area contributed by atoms with Crippen molar-refractivity contribution in [2.24, 2.45) is 0 Å². The highest BCUT2D eigenvalue weighted by atomic mass is 32.1. The van der Waals surface area contributed by atoms with Crippen LogP contribution in [0.3, 0.4) is 0 Å². The number of carbonyl (C=O) groups is 1. The molecule has 3 rings (SSSR count). The number of amides is 2. The molecule has 4 nitrogen and oxygen atoms in total. The molecule has 2 amide bonds. The lowest BCUT2D eigenvalue weighted by Gasteiger charge is -2.24. The highest BCUT2D eigenvalue weighted by Gasteiger charge is 2.30. The molecule has 1 N–H and O–H groups in total. The highest BCUT2D eigenvalue weighted by molar-refractivity contribution is 7.11. The second-order valence-corrected chi connectivity index (χ2v) is 7.86. The van der Waals surface area contributed by atoms with E-state index in [9.17, 15) is 4.79 Å². The molecule has 0 saturated carbocycles. The summed E-state index contributed by atoms with van der Waals surface area (Å²) in [6, 6.07) is 4.51. The SMILES string of the molecule is Cc1nc(C)c(CCNC(=O)N2CCC[C@@H]2c2cccs2)s1. The van der Waals surface area contributed by atoms with Gasteiger partial charge in [-0.25, -0.2) is 9.78 Å². The average molecular weight is 335 g/mol.